The minimum Gasteiger partial charge on any atom is -0.328 e. The molecule has 2 N–H and O–H groups in total. The smallest absolute Gasteiger partial charge is 0.00388 e. The van der Waals surface area contributed by atoms with E-state index in [1.54, 1.807) is 0 Å². The van der Waals surface area contributed by atoms with Gasteiger partial charge in [0.2, 0.25) is 0 Å². The molecule has 5 unspecified atom stereocenters. The fourth-order valence-corrected chi connectivity index (χ4v) is 6.44. The summed E-state index contributed by atoms with van der Waals surface area (Å²) in [5.74, 6) is 6.69. The second-order valence-electron chi connectivity index (χ2n) is 12.3. The molecule has 1 heteroatoms. The third-order valence-electron chi connectivity index (χ3n) is 9.27. The summed E-state index contributed by atoms with van der Waals surface area (Å²) in [6.45, 7) is 29.9. The molecule has 0 bridgehead atoms. The van der Waals surface area contributed by atoms with E-state index >= 15 is 0 Å². The van der Waals surface area contributed by atoms with Gasteiger partial charge in [0.1, 0.15) is 0 Å². The Hall–Kier alpha value is -0.560. The number of rotatable bonds is 15. The quantitative estimate of drug-likeness (QED) is 0.258. The molecule has 31 heavy (non-hydrogen) atoms. The van der Waals surface area contributed by atoms with Crippen LogP contribution in [0.2, 0.25) is 0 Å². The van der Waals surface area contributed by atoms with Crippen LogP contribution in [0.15, 0.2) is 25.3 Å². The highest BCUT2D eigenvalue weighted by molar-refractivity contribution is 5.03. The third kappa shape index (κ3) is 7.76. The van der Waals surface area contributed by atoms with E-state index in [0.717, 1.165) is 48.3 Å². The summed E-state index contributed by atoms with van der Waals surface area (Å²) in [6, 6.07) is 0.248. The number of nitrogens with two attached hydrogens (primary N) is 1. The Bertz CT molecular complexity index is 517. The molecule has 1 saturated carbocycles. The first kappa shape index (κ1) is 28.5. The van der Waals surface area contributed by atoms with Crippen LogP contribution in [0.4, 0.5) is 0 Å². The normalized spacial score (nSPS) is 25.9. The molecule has 0 aromatic carbocycles. The molecule has 1 rings (SSSR count). The average Bonchev–Trinajstić information content (AvgIpc) is 3.46. The van der Waals surface area contributed by atoms with Crippen molar-refractivity contribution in [2.45, 2.75) is 107 Å². The van der Waals surface area contributed by atoms with Crippen LogP contribution in [0.25, 0.3) is 0 Å². The molecule has 0 amide bonds. The van der Waals surface area contributed by atoms with Gasteiger partial charge in [-0.15, -0.1) is 13.2 Å². The van der Waals surface area contributed by atoms with Gasteiger partial charge in [-0.25, -0.2) is 0 Å². The Labute approximate surface area is 196 Å². The molecule has 0 saturated heterocycles. The molecule has 1 aliphatic rings. The molecule has 0 aromatic heterocycles. The van der Waals surface area contributed by atoms with Gasteiger partial charge >= 0.3 is 0 Å². The van der Waals surface area contributed by atoms with Gasteiger partial charge in [0.15, 0.2) is 0 Å². The lowest BCUT2D eigenvalue weighted by molar-refractivity contribution is 0.0873. The second kappa shape index (κ2) is 12.6. The molecule has 9 atom stereocenters. The van der Waals surface area contributed by atoms with E-state index in [9.17, 15) is 0 Å². The number of allylic oxidation sites excluding steroid dienone is 2. The molecule has 0 spiro atoms. The predicted molar refractivity (Wildman–Crippen MR) is 141 cm³/mol. The molecule has 1 aliphatic carbocycles. The Morgan fingerprint density at radius 1 is 0.935 bits per heavy atom. The Kier molecular flexibility index (Phi) is 11.6. The monoisotopic (exact) mass is 431 g/mol. The van der Waals surface area contributed by atoms with Crippen LogP contribution in [0.3, 0.4) is 0 Å². The van der Waals surface area contributed by atoms with E-state index in [-0.39, 0.29) is 6.04 Å². The molecular weight excluding hydrogens is 374 g/mol. The van der Waals surface area contributed by atoms with E-state index in [1.165, 1.54) is 25.7 Å². The van der Waals surface area contributed by atoms with E-state index in [0.29, 0.717) is 23.2 Å². The Balaban J connectivity index is 3.32. The fourth-order valence-electron chi connectivity index (χ4n) is 6.44. The summed E-state index contributed by atoms with van der Waals surface area (Å²) >= 11 is 0. The van der Waals surface area contributed by atoms with Gasteiger partial charge in [-0.2, -0.15) is 0 Å². The summed E-state index contributed by atoms with van der Waals surface area (Å²) < 4.78 is 0. The van der Waals surface area contributed by atoms with Gasteiger partial charge in [0, 0.05) is 6.04 Å². The molecule has 182 valence electrons. The highest BCUT2D eigenvalue weighted by Gasteiger charge is 2.53. The van der Waals surface area contributed by atoms with Gasteiger partial charge in [-0.05, 0) is 91.3 Å². The Morgan fingerprint density at radius 3 is 1.87 bits per heavy atom. The largest absolute Gasteiger partial charge is 0.328 e. The van der Waals surface area contributed by atoms with Gasteiger partial charge in [-0.3, -0.25) is 0 Å². The fraction of sp³-hybridized carbons (Fsp3) is 0.867. The summed E-state index contributed by atoms with van der Waals surface area (Å²) in [7, 11) is 0. The van der Waals surface area contributed by atoms with Crippen molar-refractivity contribution in [3.8, 4) is 0 Å². The SMILES string of the molecule is C=CCC(CC=C)C(C(C[C@@H](C)CC)C(C)C(C)N)C1C[C@@H]1[C@H](CC)[C@H](C)C(C)(C)C. The zero-order chi connectivity index (χ0) is 23.9. The zero-order valence-electron chi connectivity index (χ0n) is 22.7. The van der Waals surface area contributed by atoms with Crippen molar-refractivity contribution in [2.24, 2.45) is 64.4 Å². The van der Waals surface area contributed by atoms with E-state index in [1.807, 2.05) is 0 Å². The van der Waals surface area contributed by atoms with Gasteiger partial charge in [0.05, 0.1) is 0 Å². The van der Waals surface area contributed by atoms with Gasteiger partial charge in [0.25, 0.3) is 0 Å². The van der Waals surface area contributed by atoms with Crippen molar-refractivity contribution in [3.63, 3.8) is 0 Å². The van der Waals surface area contributed by atoms with Crippen LogP contribution in [-0.4, -0.2) is 6.04 Å². The van der Waals surface area contributed by atoms with Crippen LogP contribution in [0.1, 0.15) is 101 Å². The standard InChI is InChI=1S/C30H57N/c1-12-16-24(17-13-2)29(26(18-20(5)14-3)21(6)23(8)31)28-19-27(28)25(15-4)22(7)30(9,10)11/h12-13,20-29H,1-2,14-19,31H2,3-11H3/t20-,21?,22-,23?,25+,26?,27+,28?,29?/m0/s1. The van der Waals surface area contributed by atoms with Crippen LogP contribution in [-0.2, 0) is 0 Å². The third-order valence-corrected chi connectivity index (χ3v) is 9.27. The lowest BCUT2D eigenvalue weighted by Crippen LogP contribution is -2.39. The molecule has 1 nitrogen and oxygen atoms in total. The van der Waals surface area contributed by atoms with E-state index in [4.69, 9.17) is 5.73 Å². The molecule has 1 fully saturated rings. The highest BCUT2D eigenvalue weighted by atomic mass is 14.7. The van der Waals surface area contributed by atoms with Crippen molar-refractivity contribution < 1.29 is 0 Å². The maximum atomic E-state index is 6.55. The Morgan fingerprint density at radius 2 is 1.48 bits per heavy atom. The molecule has 0 aromatic rings. The molecule has 0 aliphatic heterocycles. The van der Waals surface area contributed by atoms with E-state index in [2.05, 4.69) is 87.6 Å². The minimum absolute atomic E-state index is 0.248. The topological polar surface area (TPSA) is 26.0 Å². The molecular formula is C30H57N. The van der Waals surface area contributed by atoms with Crippen molar-refractivity contribution in [1.29, 1.82) is 0 Å². The predicted octanol–water partition coefficient (Wildman–Crippen LogP) is 8.75. The average molecular weight is 432 g/mol. The van der Waals surface area contributed by atoms with Crippen molar-refractivity contribution in [2.75, 3.05) is 0 Å². The summed E-state index contributed by atoms with van der Waals surface area (Å²) in [6.07, 6.45) is 11.8. The lowest BCUT2D eigenvalue weighted by Gasteiger charge is -2.41. The summed E-state index contributed by atoms with van der Waals surface area (Å²) in [5, 5.41) is 0. The highest BCUT2D eigenvalue weighted by Crippen LogP contribution is 2.59. The number of hydrogen-bond donors (Lipinski definition) is 1. The molecule has 0 radical (unpaired) electrons. The van der Waals surface area contributed by atoms with Crippen LogP contribution < -0.4 is 5.73 Å². The van der Waals surface area contributed by atoms with Gasteiger partial charge < -0.3 is 5.73 Å². The van der Waals surface area contributed by atoms with E-state index < -0.39 is 0 Å². The van der Waals surface area contributed by atoms with Crippen LogP contribution in [0.5, 0.6) is 0 Å². The second-order valence-corrected chi connectivity index (χ2v) is 12.3. The lowest BCUT2D eigenvalue weighted by atomic mass is 9.64. The minimum atomic E-state index is 0.248. The first-order valence-electron chi connectivity index (χ1n) is 13.4. The van der Waals surface area contributed by atoms with Crippen molar-refractivity contribution >= 4 is 0 Å². The molecule has 0 heterocycles. The first-order valence-corrected chi connectivity index (χ1v) is 13.4. The maximum Gasteiger partial charge on any atom is 0.00388 e. The summed E-state index contributed by atoms with van der Waals surface area (Å²) in [5.41, 5.74) is 6.92. The van der Waals surface area contributed by atoms with Crippen molar-refractivity contribution in [1.82, 2.24) is 0 Å². The maximum absolute atomic E-state index is 6.55. The first-order chi connectivity index (χ1) is 14.4. The van der Waals surface area contributed by atoms with Gasteiger partial charge in [-0.1, -0.05) is 80.4 Å². The zero-order valence-corrected chi connectivity index (χ0v) is 22.7. The summed E-state index contributed by atoms with van der Waals surface area (Å²) in [4.78, 5) is 0. The van der Waals surface area contributed by atoms with Crippen LogP contribution in [0, 0.1) is 58.7 Å². The van der Waals surface area contributed by atoms with Crippen LogP contribution >= 0.6 is 0 Å². The number of hydrogen-bond acceptors (Lipinski definition) is 1. The van der Waals surface area contributed by atoms with Crippen molar-refractivity contribution in [3.05, 3.63) is 25.3 Å².